The number of rotatable bonds is 1. The van der Waals surface area contributed by atoms with Gasteiger partial charge in [-0.2, -0.15) is 0 Å². The molecule has 3 aromatic rings. The van der Waals surface area contributed by atoms with E-state index in [0.717, 1.165) is 10.8 Å². The molecule has 0 bridgehead atoms. The normalized spacial score (nSPS) is 11.2. The lowest BCUT2D eigenvalue weighted by Gasteiger charge is -2.10. The predicted octanol–water partition coefficient (Wildman–Crippen LogP) is 5.65. The number of aromatic carboxylic acids is 1. The van der Waals surface area contributed by atoms with E-state index in [-0.39, 0.29) is 5.56 Å². The zero-order chi connectivity index (χ0) is 14.4. The highest BCUT2D eigenvalue weighted by atomic mass is 35.5. The Morgan fingerprint density at radius 3 is 2.15 bits per heavy atom. The van der Waals surface area contributed by atoms with Crippen LogP contribution in [0.5, 0.6) is 0 Å². The number of hydrogen-bond donors (Lipinski definition) is 1. The molecule has 0 atom stereocenters. The van der Waals surface area contributed by atoms with Crippen molar-refractivity contribution in [3.05, 3.63) is 57.0 Å². The molecule has 0 aliphatic carbocycles. The average Bonchev–Trinajstić information content (AvgIpc) is 2.37. The second kappa shape index (κ2) is 4.81. The standard InChI is InChI=1S/C15H7Cl3O2/c16-7-1-2-9-10(3-7)11-4-8(17)5-14(18)12(11)6-13(9)15(19)20/h1-6H,(H,19,20). The van der Waals surface area contributed by atoms with Crippen LogP contribution in [-0.4, -0.2) is 11.1 Å². The average molecular weight is 326 g/mol. The molecule has 0 spiro atoms. The number of fused-ring (bicyclic) bond motifs is 3. The van der Waals surface area contributed by atoms with Crippen LogP contribution in [0.4, 0.5) is 0 Å². The Morgan fingerprint density at radius 2 is 1.45 bits per heavy atom. The van der Waals surface area contributed by atoms with Gasteiger partial charge in [0.15, 0.2) is 0 Å². The van der Waals surface area contributed by atoms with Crippen LogP contribution in [0.1, 0.15) is 10.4 Å². The van der Waals surface area contributed by atoms with Gasteiger partial charge in [0.2, 0.25) is 0 Å². The first kappa shape index (κ1) is 13.5. The Morgan fingerprint density at radius 1 is 0.800 bits per heavy atom. The quantitative estimate of drug-likeness (QED) is 0.587. The van der Waals surface area contributed by atoms with Crippen molar-refractivity contribution in [1.29, 1.82) is 0 Å². The summed E-state index contributed by atoms with van der Waals surface area (Å²) in [6.45, 7) is 0. The monoisotopic (exact) mass is 324 g/mol. The Labute approximate surface area is 129 Å². The van der Waals surface area contributed by atoms with Gasteiger partial charge in [0, 0.05) is 20.5 Å². The summed E-state index contributed by atoms with van der Waals surface area (Å²) in [6.07, 6.45) is 0. The molecule has 3 rings (SSSR count). The topological polar surface area (TPSA) is 37.3 Å². The van der Waals surface area contributed by atoms with Crippen molar-refractivity contribution in [2.75, 3.05) is 0 Å². The molecule has 3 aromatic carbocycles. The van der Waals surface area contributed by atoms with Gasteiger partial charge in [-0.15, -0.1) is 0 Å². The van der Waals surface area contributed by atoms with Crippen LogP contribution in [0.25, 0.3) is 21.5 Å². The lowest BCUT2D eigenvalue weighted by atomic mass is 9.97. The van der Waals surface area contributed by atoms with Crippen LogP contribution < -0.4 is 0 Å². The maximum atomic E-state index is 11.4. The molecule has 5 heteroatoms. The largest absolute Gasteiger partial charge is 0.478 e. The van der Waals surface area contributed by atoms with Gasteiger partial charge in [0.25, 0.3) is 0 Å². The van der Waals surface area contributed by atoms with E-state index in [1.165, 1.54) is 0 Å². The summed E-state index contributed by atoms with van der Waals surface area (Å²) >= 11 is 18.2. The molecule has 0 saturated carbocycles. The molecule has 0 aliphatic rings. The minimum Gasteiger partial charge on any atom is -0.478 e. The molecule has 0 amide bonds. The lowest BCUT2D eigenvalue weighted by molar-refractivity contribution is 0.0699. The van der Waals surface area contributed by atoms with Gasteiger partial charge in [0.1, 0.15) is 0 Å². The van der Waals surface area contributed by atoms with E-state index < -0.39 is 5.97 Å². The lowest BCUT2D eigenvalue weighted by Crippen LogP contribution is -1.98. The first-order valence-electron chi connectivity index (χ1n) is 5.71. The van der Waals surface area contributed by atoms with Crippen molar-refractivity contribution in [1.82, 2.24) is 0 Å². The van der Waals surface area contributed by atoms with E-state index in [2.05, 4.69) is 0 Å². The molecular weight excluding hydrogens is 319 g/mol. The van der Waals surface area contributed by atoms with Gasteiger partial charge in [-0.25, -0.2) is 4.79 Å². The van der Waals surface area contributed by atoms with Gasteiger partial charge in [-0.3, -0.25) is 0 Å². The van der Waals surface area contributed by atoms with Crippen molar-refractivity contribution >= 4 is 62.3 Å². The minimum atomic E-state index is -1.01. The zero-order valence-electron chi connectivity index (χ0n) is 9.95. The Kier molecular flexibility index (Phi) is 3.25. The fourth-order valence-corrected chi connectivity index (χ4v) is 3.05. The number of carboxylic acid groups (broad SMARTS) is 1. The van der Waals surface area contributed by atoms with E-state index in [0.29, 0.717) is 25.8 Å². The van der Waals surface area contributed by atoms with Crippen molar-refractivity contribution in [2.24, 2.45) is 0 Å². The van der Waals surface area contributed by atoms with Gasteiger partial charge < -0.3 is 5.11 Å². The second-order valence-electron chi connectivity index (χ2n) is 4.40. The van der Waals surface area contributed by atoms with Gasteiger partial charge >= 0.3 is 5.97 Å². The second-order valence-corrected chi connectivity index (χ2v) is 5.68. The molecule has 0 fully saturated rings. The van der Waals surface area contributed by atoms with Crippen LogP contribution in [0.15, 0.2) is 36.4 Å². The van der Waals surface area contributed by atoms with Crippen LogP contribution in [0.2, 0.25) is 15.1 Å². The summed E-state index contributed by atoms with van der Waals surface area (Å²) < 4.78 is 0. The van der Waals surface area contributed by atoms with Crippen LogP contribution in [0, 0.1) is 0 Å². The number of benzene rings is 3. The van der Waals surface area contributed by atoms with Gasteiger partial charge in [-0.05, 0) is 46.5 Å². The highest BCUT2D eigenvalue weighted by molar-refractivity contribution is 6.40. The van der Waals surface area contributed by atoms with E-state index in [1.807, 2.05) is 0 Å². The van der Waals surface area contributed by atoms with E-state index >= 15 is 0 Å². The van der Waals surface area contributed by atoms with Crippen molar-refractivity contribution in [3.8, 4) is 0 Å². The highest BCUT2D eigenvalue weighted by Crippen LogP contribution is 2.36. The third-order valence-electron chi connectivity index (χ3n) is 3.18. The van der Waals surface area contributed by atoms with Crippen LogP contribution in [0.3, 0.4) is 0 Å². The number of hydrogen-bond acceptors (Lipinski definition) is 1. The minimum absolute atomic E-state index is 0.188. The summed E-state index contributed by atoms with van der Waals surface area (Å²) in [5.74, 6) is -1.01. The van der Waals surface area contributed by atoms with Crippen molar-refractivity contribution in [3.63, 3.8) is 0 Å². The zero-order valence-corrected chi connectivity index (χ0v) is 12.2. The fourth-order valence-electron chi connectivity index (χ4n) is 2.33. The molecule has 0 aromatic heterocycles. The van der Waals surface area contributed by atoms with E-state index in [9.17, 15) is 9.90 Å². The number of carboxylic acids is 1. The third kappa shape index (κ3) is 2.10. The molecule has 0 unspecified atom stereocenters. The van der Waals surface area contributed by atoms with Crippen LogP contribution in [-0.2, 0) is 0 Å². The van der Waals surface area contributed by atoms with Crippen molar-refractivity contribution < 1.29 is 9.90 Å². The van der Waals surface area contributed by atoms with Crippen molar-refractivity contribution in [2.45, 2.75) is 0 Å². The molecule has 0 saturated heterocycles. The molecule has 0 aliphatic heterocycles. The first-order valence-corrected chi connectivity index (χ1v) is 6.85. The summed E-state index contributed by atoms with van der Waals surface area (Å²) in [4.78, 5) is 11.4. The summed E-state index contributed by atoms with van der Waals surface area (Å²) in [5, 5.41) is 13.5. The molecule has 1 N–H and O–H groups in total. The molecule has 20 heavy (non-hydrogen) atoms. The molecule has 0 radical (unpaired) electrons. The third-order valence-corrected chi connectivity index (χ3v) is 3.94. The molecular formula is C15H7Cl3O2. The first-order chi connectivity index (χ1) is 9.47. The number of halogens is 3. The van der Waals surface area contributed by atoms with Crippen LogP contribution >= 0.6 is 34.8 Å². The maximum absolute atomic E-state index is 11.4. The van der Waals surface area contributed by atoms with Gasteiger partial charge in [-0.1, -0.05) is 40.9 Å². The summed E-state index contributed by atoms with van der Waals surface area (Å²) in [7, 11) is 0. The van der Waals surface area contributed by atoms with Gasteiger partial charge in [0.05, 0.1) is 5.56 Å². The summed E-state index contributed by atoms with van der Waals surface area (Å²) in [6, 6.07) is 9.98. The maximum Gasteiger partial charge on any atom is 0.336 e. The number of carbonyl (C=O) groups is 1. The Hall–Kier alpha value is -1.48. The SMILES string of the molecule is O=C(O)c1cc2c(Cl)cc(Cl)cc2c2cc(Cl)ccc12. The molecule has 2 nitrogen and oxygen atoms in total. The molecule has 0 heterocycles. The summed E-state index contributed by atoms with van der Waals surface area (Å²) in [5.41, 5.74) is 0.188. The van der Waals surface area contributed by atoms with E-state index in [4.69, 9.17) is 34.8 Å². The fraction of sp³-hybridized carbons (Fsp3) is 0. The smallest absolute Gasteiger partial charge is 0.336 e. The Balaban J connectivity index is 2.62. The highest BCUT2D eigenvalue weighted by Gasteiger charge is 2.14. The van der Waals surface area contributed by atoms with E-state index in [1.54, 1.807) is 36.4 Å². The molecule has 100 valence electrons. The Bertz CT molecular complexity index is 872. The predicted molar refractivity (Wildman–Crippen MR) is 83.4 cm³/mol.